The minimum Gasteiger partial charge on any atom is -0.352 e. The van der Waals surface area contributed by atoms with Gasteiger partial charge in [-0.3, -0.25) is 13.9 Å². The third kappa shape index (κ3) is 8.54. The second kappa shape index (κ2) is 15.1. The molecule has 0 heterocycles. The molecule has 0 aromatic heterocycles. The molecule has 0 bridgehead atoms. The smallest absolute Gasteiger partial charge is 0.264 e. The summed E-state index contributed by atoms with van der Waals surface area (Å²) in [6.45, 7) is -0.424. The molecule has 1 aliphatic rings. The highest BCUT2D eigenvalue weighted by atomic mass is 79.9. The molecule has 10 heteroatoms. The van der Waals surface area contributed by atoms with Gasteiger partial charge in [0.2, 0.25) is 11.8 Å². The van der Waals surface area contributed by atoms with Gasteiger partial charge in [0.05, 0.1) is 10.6 Å². The van der Waals surface area contributed by atoms with Gasteiger partial charge in [-0.1, -0.05) is 107 Å². The fraction of sp³-hybridized carbons (Fsp3) is 0.257. The first kappa shape index (κ1) is 32.7. The van der Waals surface area contributed by atoms with Crippen molar-refractivity contribution in [2.24, 2.45) is 0 Å². The summed E-state index contributed by atoms with van der Waals surface area (Å²) in [6.07, 6.45) is 4.13. The zero-order valence-corrected chi connectivity index (χ0v) is 27.8. The number of nitrogens with one attached hydrogen (secondary N) is 1. The van der Waals surface area contributed by atoms with Gasteiger partial charge in [0.1, 0.15) is 12.6 Å². The van der Waals surface area contributed by atoms with Crippen LogP contribution < -0.4 is 9.62 Å². The summed E-state index contributed by atoms with van der Waals surface area (Å²) in [5, 5.41) is 3.73. The van der Waals surface area contributed by atoms with Crippen molar-refractivity contribution in [1.29, 1.82) is 0 Å². The molecule has 1 N–H and O–H groups in total. The Kier molecular flexibility index (Phi) is 11.0. The largest absolute Gasteiger partial charge is 0.352 e. The molecule has 4 aromatic rings. The van der Waals surface area contributed by atoms with Crippen molar-refractivity contribution in [3.8, 4) is 0 Å². The Hall–Kier alpha value is -3.66. The maximum atomic E-state index is 14.5. The quantitative estimate of drug-likeness (QED) is 0.172. The highest BCUT2D eigenvalue weighted by Gasteiger charge is 2.35. The van der Waals surface area contributed by atoms with Crippen LogP contribution in [0.2, 0.25) is 5.02 Å². The van der Waals surface area contributed by atoms with Crippen molar-refractivity contribution in [1.82, 2.24) is 10.2 Å². The summed E-state index contributed by atoms with van der Waals surface area (Å²) >= 11 is 9.60. The molecule has 0 unspecified atom stereocenters. The van der Waals surface area contributed by atoms with Crippen LogP contribution in [0.25, 0.3) is 0 Å². The number of sulfonamides is 1. The molecule has 1 aliphatic carbocycles. The standard InChI is InChI=1S/C35H35BrClN3O4S/c36-28-12-9-15-31(23-28)40(45(43,44)32-16-5-2-6-17-32)25-34(41)39(24-27-18-20-29(37)21-19-27)33(22-26-10-3-1-4-11-26)35(42)38-30-13-7-8-14-30/h1-6,9-12,15-21,23,30,33H,7-8,13-14,22,24-25H2,(H,38,42)/t33-/m1/s1. The van der Waals surface area contributed by atoms with E-state index in [2.05, 4.69) is 21.2 Å². The second-order valence-electron chi connectivity index (χ2n) is 11.1. The summed E-state index contributed by atoms with van der Waals surface area (Å²) in [7, 11) is -4.15. The van der Waals surface area contributed by atoms with Crippen LogP contribution in [0.5, 0.6) is 0 Å². The van der Waals surface area contributed by atoms with Gasteiger partial charge in [0.25, 0.3) is 10.0 Å². The van der Waals surface area contributed by atoms with Crippen LogP contribution in [0.15, 0.2) is 119 Å². The minimum atomic E-state index is -4.15. The van der Waals surface area contributed by atoms with Gasteiger partial charge in [0, 0.05) is 28.5 Å². The molecule has 1 fully saturated rings. The van der Waals surface area contributed by atoms with Crippen LogP contribution in [0.3, 0.4) is 0 Å². The third-order valence-corrected chi connectivity index (χ3v) is 10.5. The number of carbonyl (C=O) groups excluding carboxylic acids is 2. The van der Waals surface area contributed by atoms with E-state index in [0.717, 1.165) is 41.1 Å². The van der Waals surface area contributed by atoms with Crippen molar-refractivity contribution in [2.45, 2.75) is 55.6 Å². The summed E-state index contributed by atoms with van der Waals surface area (Å²) in [6, 6.07) is 30.6. The van der Waals surface area contributed by atoms with E-state index >= 15 is 0 Å². The van der Waals surface area contributed by atoms with Crippen LogP contribution in [0.1, 0.15) is 36.8 Å². The molecule has 0 radical (unpaired) electrons. The fourth-order valence-corrected chi connectivity index (χ4v) is 7.53. The molecule has 1 saturated carbocycles. The van der Waals surface area contributed by atoms with Gasteiger partial charge in [-0.05, 0) is 66.4 Å². The fourth-order valence-electron chi connectivity index (χ4n) is 5.59. The highest BCUT2D eigenvalue weighted by Crippen LogP contribution is 2.28. The van der Waals surface area contributed by atoms with Crippen LogP contribution >= 0.6 is 27.5 Å². The second-order valence-corrected chi connectivity index (χ2v) is 14.4. The zero-order chi connectivity index (χ0) is 31.8. The van der Waals surface area contributed by atoms with E-state index in [4.69, 9.17) is 11.6 Å². The Bertz CT molecular complexity index is 1700. The van der Waals surface area contributed by atoms with E-state index in [1.54, 1.807) is 54.6 Å². The molecule has 234 valence electrons. The number of benzene rings is 4. The van der Waals surface area contributed by atoms with Crippen LogP contribution in [0, 0.1) is 0 Å². The van der Waals surface area contributed by atoms with Crippen LogP contribution in [0.4, 0.5) is 5.69 Å². The van der Waals surface area contributed by atoms with E-state index in [1.807, 2.05) is 42.5 Å². The Labute approximate surface area is 278 Å². The van der Waals surface area contributed by atoms with Gasteiger partial charge in [-0.2, -0.15) is 0 Å². The molecule has 0 spiro atoms. The number of nitrogens with zero attached hydrogens (tertiary/aromatic N) is 2. The lowest BCUT2D eigenvalue weighted by Crippen LogP contribution is -2.54. The van der Waals surface area contributed by atoms with Crippen molar-refractivity contribution in [3.05, 3.63) is 130 Å². The third-order valence-electron chi connectivity index (χ3n) is 7.95. The summed E-state index contributed by atoms with van der Waals surface area (Å²) in [5.41, 5.74) is 1.97. The molecule has 2 amide bonds. The number of rotatable bonds is 12. The maximum absolute atomic E-state index is 14.5. The lowest BCUT2D eigenvalue weighted by Gasteiger charge is -2.34. The van der Waals surface area contributed by atoms with E-state index in [1.165, 1.54) is 17.0 Å². The normalized spacial score (nSPS) is 14.1. The van der Waals surface area contributed by atoms with Crippen molar-refractivity contribution in [2.75, 3.05) is 10.8 Å². The molecule has 5 rings (SSSR count). The number of carbonyl (C=O) groups is 2. The number of amides is 2. The maximum Gasteiger partial charge on any atom is 0.264 e. The van der Waals surface area contributed by atoms with Gasteiger partial charge < -0.3 is 10.2 Å². The topological polar surface area (TPSA) is 86.8 Å². The van der Waals surface area contributed by atoms with Crippen LogP contribution in [-0.2, 0) is 32.6 Å². The monoisotopic (exact) mass is 707 g/mol. The summed E-state index contributed by atoms with van der Waals surface area (Å²) in [5.74, 6) is -0.764. The Balaban J connectivity index is 1.56. The van der Waals surface area contributed by atoms with Crippen LogP contribution in [-0.4, -0.2) is 43.8 Å². The first-order valence-electron chi connectivity index (χ1n) is 14.9. The molecule has 45 heavy (non-hydrogen) atoms. The molecule has 0 saturated heterocycles. The van der Waals surface area contributed by atoms with E-state index in [9.17, 15) is 18.0 Å². The molecule has 0 aliphatic heterocycles. The summed E-state index contributed by atoms with van der Waals surface area (Å²) in [4.78, 5) is 30.1. The Morgan fingerprint density at radius 3 is 2.13 bits per heavy atom. The Morgan fingerprint density at radius 1 is 0.844 bits per heavy atom. The van der Waals surface area contributed by atoms with Gasteiger partial charge in [0.15, 0.2) is 0 Å². The molecule has 7 nitrogen and oxygen atoms in total. The van der Waals surface area contributed by atoms with E-state index in [0.29, 0.717) is 15.2 Å². The number of anilines is 1. The van der Waals surface area contributed by atoms with E-state index in [-0.39, 0.29) is 29.8 Å². The number of halogens is 2. The molecule has 4 aromatic carbocycles. The Morgan fingerprint density at radius 2 is 1.49 bits per heavy atom. The average Bonchev–Trinajstić information content (AvgIpc) is 3.56. The van der Waals surface area contributed by atoms with Crippen molar-refractivity contribution in [3.63, 3.8) is 0 Å². The lowest BCUT2D eigenvalue weighted by molar-refractivity contribution is -0.140. The lowest BCUT2D eigenvalue weighted by atomic mass is 10.0. The van der Waals surface area contributed by atoms with Gasteiger partial charge in [-0.15, -0.1) is 0 Å². The average molecular weight is 709 g/mol. The predicted octanol–water partition coefficient (Wildman–Crippen LogP) is 7.00. The highest BCUT2D eigenvalue weighted by molar-refractivity contribution is 9.10. The first-order valence-corrected chi connectivity index (χ1v) is 17.5. The molecule has 1 atom stereocenters. The predicted molar refractivity (Wildman–Crippen MR) is 181 cm³/mol. The summed E-state index contributed by atoms with van der Waals surface area (Å²) < 4.78 is 29.9. The van der Waals surface area contributed by atoms with E-state index < -0.39 is 28.5 Å². The minimum absolute atomic E-state index is 0.0416. The SMILES string of the molecule is O=C(NC1CCCC1)[C@@H](Cc1ccccc1)N(Cc1ccc(Cl)cc1)C(=O)CN(c1cccc(Br)c1)S(=O)(=O)c1ccccc1. The number of hydrogen-bond donors (Lipinski definition) is 1. The van der Waals surface area contributed by atoms with Gasteiger partial charge in [-0.25, -0.2) is 8.42 Å². The molecular weight excluding hydrogens is 674 g/mol. The van der Waals surface area contributed by atoms with Crippen molar-refractivity contribution < 1.29 is 18.0 Å². The first-order chi connectivity index (χ1) is 21.7. The van der Waals surface area contributed by atoms with Gasteiger partial charge >= 0.3 is 0 Å². The van der Waals surface area contributed by atoms with Crippen molar-refractivity contribution >= 4 is 55.1 Å². The zero-order valence-electron chi connectivity index (χ0n) is 24.7. The number of hydrogen-bond acceptors (Lipinski definition) is 4. The molecular formula is C35H35BrClN3O4S.